The highest BCUT2D eigenvalue weighted by Gasteiger charge is 2.11. The maximum atomic E-state index is 11.9. The number of fused-ring (bicyclic) bond motifs is 1. The van der Waals surface area contributed by atoms with E-state index in [2.05, 4.69) is 23.5 Å². The van der Waals surface area contributed by atoms with E-state index in [1.54, 1.807) is 0 Å². The Labute approximate surface area is 139 Å². The summed E-state index contributed by atoms with van der Waals surface area (Å²) in [7, 11) is 0. The molecule has 0 bridgehead atoms. The Morgan fingerprint density at radius 2 is 1.87 bits per heavy atom. The number of nitrogens with one attached hydrogen (secondary N) is 1. The Bertz CT molecular complexity index is 577. The Balaban J connectivity index is 1.39. The van der Waals surface area contributed by atoms with E-state index in [0.29, 0.717) is 0 Å². The van der Waals surface area contributed by atoms with Gasteiger partial charge in [-0.2, -0.15) is 0 Å². The van der Waals surface area contributed by atoms with Crippen molar-refractivity contribution in [2.45, 2.75) is 57.8 Å². The summed E-state index contributed by atoms with van der Waals surface area (Å²) in [6.07, 6.45) is 13.2. The highest BCUT2D eigenvalue weighted by atomic mass is 16.5. The van der Waals surface area contributed by atoms with Crippen LogP contribution < -0.4 is 10.1 Å². The van der Waals surface area contributed by atoms with Gasteiger partial charge in [-0.3, -0.25) is 4.79 Å². The van der Waals surface area contributed by atoms with Crippen molar-refractivity contribution in [1.82, 2.24) is 5.32 Å². The molecular formula is C20H27NO2. The third kappa shape index (κ3) is 4.85. The second-order valence-electron chi connectivity index (χ2n) is 6.63. The number of carbonyl (C=O) groups is 1. The van der Waals surface area contributed by atoms with E-state index in [1.807, 2.05) is 6.07 Å². The van der Waals surface area contributed by atoms with Gasteiger partial charge in [0.2, 0.25) is 0 Å². The van der Waals surface area contributed by atoms with Crippen LogP contribution in [0.5, 0.6) is 5.75 Å². The van der Waals surface area contributed by atoms with Crippen molar-refractivity contribution >= 4 is 5.91 Å². The van der Waals surface area contributed by atoms with E-state index in [1.165, 1.54) is 61.6 Å². The summed E-state index contributed by atoms with van der Waals surface area (Å²) in [5.41, 5.74) is 4.32. The molecule has 3 nitrogen and oxygen atoms in total. The predicted octanol–water partition coefficient (Wildman–Crippen LogP) is 3.95. The van der Waals surface area contributed by atoms with Gasteiger partial charge in [-0.05, 0) is 81.0 Å². The van der Waals surface area contributed by atoms with Gasteiger partial charge in [0.1, 0.15) is 5.75 Å². The molecule has 0 heterocycles. The Morgan fingerprint density at radius 1 is 1.04 bits per heavy atom. The van der Waals surface area contributed by atoms with E-state index in [-0.39, 0.29) is 12.5 Å². The molecule has 2 aliphatic carbocycles. The first kappa shape index (κ1) is 16.1. The summed E-state index contributed by atoms with van der Waals surface area (Å²) in [6, 6.07) is 6.25. The van der Waals surface area contributed by atoms with Crippen LogP contribution >= 0.6 is 0 Å². The van der Waals surface area contributed by atoms with Crippen molar-refractivity contribution in [3.8, 4) is 5.75 Å². The summed E-state index contributed by atoms with van der Waals surface area (Å²) in [6.45, 7) is 0.829. The number of rotatable bonds is 6. The normalized spacial score (nSPS) is 17.1. The molecule has 1 amide bonds. The fraction of sp³-hybridized carbons (Fsp3) is 0.550. The lowest BCUT2D eigenvalue weighted by atomic mass is 9.92. The minimum absolute atomic E-state index is 0.0286. The minimum atomic E-state index is -0.0286. The molecule has 3 rings (SSSR count). The minimum Gasteiger partial charge on any atom is -0.484 e. The number of aryl methyl sites for hydroxylation is 2. The first-order valence-corrected chi connectivity index (χ1v) is 9.00. The number of hydrogen-bond acceptors (Lipinski definition) is 2. The number of allylic oxidation sites excluding steroid dienone is 1. The van der Waals surface area contributed by atoms with Gasteiger partial charge in [0.25, 0.3) is 5.91 Å². The molecule has 0 saturated heterocycles. The van der Waals surface area contributed by atoms with Crippen LogP contribution in [-0.4, -0.2) is 19.1 Å². The van der Waals surface area contributed by atoms with Crippen LogP contribution in [0.4, 0.5) is 0 Å². The van der Waals surface area contributed by atoms with E-state index < -0.39 is 0 Å². The maximum absolute atomic E-state index is 11.9. The van der Waals surface area contributed by atoms with Crippen molar-refractivity contribution in [3.63, 3.8) is 0 Å². The summed E-state index contributed by atoms with van der Waals surface area (Å²) in [4.78, 5) is 11.9. The molecule has 0 atom stereocenters. The molecule has 0 aliphatic heterocycles. The van der Waals surface area contributed by atoms with Crippen LogP contribution in [0.1, 0.15) is 56.1 Å². The molecule has 1 aromatic carbocycles. The Hall–Kier alpha value is -1.77. The lowest BCUT2D eigenvalue weighted by molar-refractivity contribution is -0.123. The van der Waals surface area contributed by atoms with Crippen LogP contribution in [0.3, 0.4) is 0 Å². The summed E-state index contributed by atoms with van der Waals surface area (Å²) < 4.78 is 5.65. The summed E-state index contributed by atoms with van der Waals surface area (Å²) >= 11 is 0. The van der Waals surface area contributed by atoms with Gasteiger partial charge >= 0.3 is 0 Å². The second-order valence-corrected chi connectivity index (χ2v) is 6.63. The topological polar surface area (TPSA) is 38.3 Å². The first-order chi connectivity index (χ1) is 11.3. The van der Waals surface area contributed by atoms with Gasteiger partial charge in [0.15, 0.2) is 6.61 Å². The first-order valence-electron chi connectivity index (χ1n) is 9.00. The maximum Gasteiger partial charge on any atom is 0.257 e. The van der Waals surface area contributed by atoms with Crippen molar-refractivity contribution in [1.29, 1.82) is 0 Å². The van der Waals surface area contributed by atoms with Gasteiger partial charge in [0, 0.05) is 6.54 Å². The second kappa shape index (κ2) is 8.19. The number of benzene rings is 1. The zero-order chi connectivity index (χ0) is 15.9. The average Bonchev–Trinajstić information content (AvgIpc) is 2.61. The third-order valence-electron chi connectivity index (χ3n) is 4.84. The van der Waals surface area contributed by atoms with Crippen molar-refractivity contribution < 1.29 is 9.53 Å². The molecule has 0 saturated carbocycles. The fourth-order valence-electron chi connectivity index (χ4n) is 3.49. The van der Waals surface area contributed by atoms with Crippen LogP contribution in [0.25, 0.3) is 0 Å². The van der Waals surface area contributed by atoms with Crippen molar-refractivity contribution in [3.05, 3.63) is 41.0 Å². The zero-order valence-corrected chi connectivity index (χ0v) is 13.9. The fourth-order valence-corrected chi connectivity index (χ4v) is 3.49. The lowest BCUT2D eigenvalue weighted by Gasteiger charge is -2.17. The van der Waals surface area contributed by atoms with Crippen molar-refractivity contribution in [2.75, 3.05) is 13.2 Å². The van der Waals surface area contributed by atoms with E-state index in [9.17, 15) is 4.79 Å². The van der Waals surface area contributed by atoms with Gasteiger partial charge in [0.05, 0.1) is 0 Å². The smallest absolute Gasteiger partial charge is 0.257 e. The van der Waals surface area contributed by atoms with E-state index in [0.717, 1.165) is 25.1 Å². The number of hydrogen-bond donors (Lipinski definition) is 1. The molecule has 0 spiro atoms. The quantitative estimate of drug-likeness (QED) is 0.808. The SMILES string of the molecule is O=C(COc1ccc2c(c1)CCCC2)NCCC1=CCCCC1. The molecule has 0 unspecified atom stereocenters. The molecule has 23 heavy (non-hydrogen) atoms. The molecule has 0 fully saturated rings. The highest BCUT2D eigenvalue weighted by Crippen LogP contribution is 2.25. The Morgan fingerprint density at radius 3 is 2.70 bits per heavy atom. The lowest BCUT2D eigenvalue weighted by Crippen LogP contribution is -2.30. The van der Waals surface area contributed by atoms with Crippen LogP contribution in [0, 0.1) is 0 Å². The average molecular weight is 313 g/mol. The molecule has 0 radical (unpaired) electrons. The summed E-state index contributed by atoms with van der Waals surface area (Å²) in [5.74, 6) is 0.787. The van der Waals surface area contributed by atoms with Crippen LogP contribution in [0.15, 0.2) is 29.8 Å². The number of ether oxygens (including phenoxy) is 1. The van der Waals surface area contributed by atoms with Gasteiger partial charge in [-0.15, -0.1) is 0 Å². The van der Waals surface area contributed by atoms with E-state index in [4.69, 9.17) is 4.74 Å². The molecule has 1 aromatic rings. The van der Waals surface area contributed by atoms with Gasteiger partial charge < -0.3 is 10.1 Å². The third-order valence-corrected chi connectivity index (χ3v) is 4.84. The van der Waals surface area contributed by atoms with Gasteiger partial charge in [-0.25, -0.2) is 0 Å². The Kier molecular flexibility index (Phi) is 5.73. The van der Waals surface area contributed by atoms with Crippen LogP contribution in [-0.2, 0) is 17.6 Å². The zero-order valence-electron chi connectivity index (χ0n) is 13.9. The molecular weight excluding hydrogens is 286 g/mol. The number of amides is 1. The van der Waals surface area contributed by atoms with E-state index >= 15 is 0 Å². The van der Waals surface area contributed by atoms with Crippen molar-refractivity contribution in [2.24, 2.45) is 0 Å². The molecule has 1 N–H and O–H groups in total. The molecule has 124 valence electrons. The molecule has 0 aromatic heterocycles. The molecule has 2 aliphatic rings. The highest BCUT2D eigenvalue weighted by molar-refractivity contribution is 5.77. The van der Waals surface area contributed by atoms with Gasteiger partial charge in [-0.1, -0.05) is 17.7 Å². The number of carbonyl (C=O) groups excluding carboxylic acids is 1. The largest absolute Gasteiger partial charge is 0.484 e. The van der Waals surface area contributed by atoms with Crippen LogP contribution in [0.2, 0.25) is 0 Å². The standard InChI is InChI=1S/C20H27NO2/c22-20(21-13-12-16-6-2-1-3-7-16)15-23-19-11-10-17-8-4-5-9-18(17)14-19/h6,10-11,14H,1-5,7-9,12-13,15H2,(H,21,22). The monoisotopic (exact) mass is 313 g/mol. The predicted molar refractivity (Wildman–Crippen MR) is 92.8 cm³/mol. The molecule has 3 heteroatoms. The summed E-state index contributed by atoms with van der Waals surface area (Å²) in [5, 5.41) is 2.96.